The molecule has 0 saturated carbocycles. The van der Waals surface area contributed by atoms with Crippen LogP contribution in [0.5, 0.6) is 23.0 Å². The van der Waals surface area contributed by atoms with Crippen LogP contribution in [0.15, 0.2) is 45.6 Å². The summed E-state index contributed by atoms with van der Waals surface area (Å²) in [6.45, 7) is 2.63. The van der Waals surface area contributed by atoms with E-state index in [0.717, 1.165) is 19.1 Å². The predicted octanol–water partition coefficient (Wildman–Crippen LogP) is 1.35. The highest BCUT2D eigenvalue weighted by Gasteiger charge is 2.46. The molecule has 0 spiro atoms. The minimum atomic E-state index is -1.73. The van der Waals surface area contributed by atoms with Crippen molar-refractivity contribution in [3.05, 3.63) is 46.6 Å². The average Bonchev–Trinajstić information content (AvgIpc) is 2.76. The van der Waals surface area contributed by atoms with Gasteiger partial charge < -0.3 is 44.2 Å². The number of aliphatic hydroxyl groups excluding tert-OH is 2. The van der Waals surface area contributed by atoms with Crippen LogP contribution < -0.4 is 10.2 Å². The summed E-state index contributed by atoms with van der Waals surface area (Å²) in [5.41, 5.74) is -0.709. The van der Waals surface area contributed by atoms with Gasteiger partial charge in [-0.05, 0) is 31.2 Å². The molecule has 0 bridgehead atoms. The van der Waals surface area contributed by atoms with Gasteiger partial charge in [-0.1, -0.05) is 0 Å². The standard InChI is InChI=1S/C23H22O11/c1-9-20(32-10(2)24)18(29)19(30)23(31-9)34-22-17(28)16-14(27)7-13(26)8-15(16)33-21(22)11-3-5-12(25)6-4-11/h3-9,18-20,23,25-27,29-30H,1-2H3. The molecular weight excluding hydrogens is 452 g/mol. The molecule has 11 nitrogen and oxygen atoms in total. The van der Waals surface area contributed by atoms with Crippen LogP contribution in [-0.4, -0.2) is 62.2 Å². The lowest BCUT2D eigenvalue weighted by Crippen LogP contribution is -2.59. The van der Waals surface area contributed by atoms with E-state index in [2.05, 4.69) is 0 Å². The van der Waals surface area contributed by atoms with Crippen LogP contribution in [0.1, 0.15) is 13.8 Å². The third-order valence-electron chi connectivity index (χ3n) is 5.36. The number of benzene rings is 2. The Morgan fingerprint density at radius 1 is 1.00 bits per heavy atom. The normalized spacial score (nSPS) is 24.6. The van der Waals surface area contributed by atoms with Crippen molar-refractivity contribution < 1.29 is 49.0 Å². The molecule has 11 heteroatoms. The van der Waals surface area contributed by atoms with E-state index in [1.807, 2.05) is 0 Å². The Morgan fingerprint density at radius 3 is 2.32 bits per heavy atom. The predicted molar refractivity (Wildman–Crippen MR) is 115 cm³/mol. The molecule has 1 fully saturated rings. The number of fused-ring (bicyclic) bond motifs is 1. The molecular formula is C23H22O11. The zero-order chi connectivity index (χ0) is 24.7. The lowest BCUT2D eigenvalue weighted by molar-refractivity contribution is -0.272. The zero-order valence-corrected chi connectivity index (χ0v) is 18.0. The van der Waals surface area contributed by atoms with Crippen LogP contribution in [0.3, 0.4) is 0 Å². The molecule has 34 heavy (non-hydrogen) atoms. The molecule has 1 aliphatic heterocycles. The SMILES string of the molecule is CC(=O)OC1C(C)OC(Oc2c(-c3ccc(O)cc3)oc3cc(O)cc(O)c3c2=O)C(O)C1O. The van der Waals surface area contributed by atoms with E-state index in [-0.39, 0.29) is 33.8 Å². The second-order valence-electron chi connectivity index (χ2n) is 7.86. The Kier molecular flexibility index (Phi) is 6.09. The number of phenols is 3. The van der Waals surface area contributed by atoms with Crippen LogP contribution in [-0.2, 0) is 14.3 Å². The molecule has 5 unspecified atom stereocenters. The maximum atomic E-state index is 13.3. The highest BCUT2D eigenvalue weighted by molar-refractivity contribution is 5.88. The van der Waals surface area contributed by atoms with Crippen LogP contribution in [0.4, 0.5) is 0 Å². The molecule has 0 amide bonds. The molecule has 4 rings (SSSR count). The van der Waals surface area contributed by atoms with E-state index >= 15 is 0 Å². The molecule has 180 valence electrons. The molecule has 0 radical (unpaired) electrons. The van der Waals surface area contributed by atoms with E-state index < -0.39 is 53.6 Å². The quantitative estimate of drug-likeness (QED) is 0.345. The lowest BCUT2D eigenvalue weighted by atomic mass is 9.99. The number of hydrogen-bond acceptors (Lipinski definition) is 11. The average molecular weight is 474 g/mol. The number of carbonyl (C=O) groups excluding carboxylic acids is 1. The molecule has 2 aromatic carbocycles. The first-order chi connectivity index (χ1) is 16.1. The first-order valence-electron chi connectivity index (χ1n) is 10.2. The summed E-state index contributed by atoms with van der Waals surface area (Å²) in [7, 11) is 0. The fraction of sp³-hybridized carbons (Fsp3) is 0.304. The number of carbonyl (C=O) groups is 1. The second-order valence-corrected chi connectivity index (χ2v) is 7.86. The largest absolute Gasteiger partial charge is 0.508 e. The first-order valence-corrected chi connectivity index (χ1v) is 10.2. The van der Waals surface area contributed by atoms with Crippen molar-refractivity contribution in [3.63, 3.8) is 0 Å². The van der Waals surface area contributed by atoms with Crippen LogP contribution in [0.25, 0.3) is 22.3 Å². The monoisotopic (exact) mass is 474 g/mol. The van der Waals surface area contributed by atoms with Gasteiger partial charge in [0.05, 0.1) is 6.10 Å². The maximum Gasteiger partial charge on any atom is 0.303 e. The number of aliphatic hydroxyl groups is 2. The Labute approximate surface area is 192 Å². The Bertz CT molecular complexity index is 1280. The molecule has 1 saturated heterocycles. The van der Waals surface area contributed by atoms with Crippen molar-refractivity contribution in [3.8, 4) is 34.3 Å². The summed E-state index contributed by atoms with van der Waals surface area (Å²) in [6, 6.07) is 7.62. The van der Waals surface area contributed by atoms with Gasteiger partial charge >= 0.3 is 5.97 Å². The lowest BCUT2D eigenvalue weighted by Gasteiger charge is -2.40. The molecule has 5 atom stereocenters. The van der Waals surface area contributed by atoms with Gasteiger partial charge in [0.2, 0.25) is 17.5 Å². The fourth-order valence-corrected chi connectivity index (χ4v) is 3.75. The minimum Gasteiger partial charge on any atom is -0.508 e. The van der Waals surface area contributed by atoms with Crippen molar-refractivity contribution in [1.82, 2.24) is 0 Å². The Hall–Kier alpha value is -3.80. The summed E-state index contributed by atoms with van der Waals surface area (Å²) in [4.78, 5) is 24.6. The van der Waals surface area contributed by atoms with Crippen molar-refractivity contribution in [2.45, 2.75) is 44.6 Å². The third kappa shape index (κ3) is 4.23. The highest BCUT2D eigenvalue weighted by Crippen LogP contribution is 2.37. The number of rotatable bonds is 4. The summed E-state index contributed by atoms with van der Waals surface area (Å²) >= 11 is 0. The van der Waals surface area contributed by atoms with Gasteiger partial charge in [-0.15, -0.1) is 0 Å². The van der Waals surface area contributed by atoms with E-state index in [9.17, 15) is 35.1 Å². The second kappa shape index (κ2) is 8.86. The first kappa shape index (κ1) is 23.4. The van der Waals surface area contributed by atoms with Crippen LogP contribution >= 0.6 is 0 Å². The number of aromatic hydroxyl groups is 3. The Morgan fingerprint density at radius 2 is 1.68 bits per heavy atom. The van der Waals surface area contributed by atoms with E-state index in [1.165, 1.54) is 31.2 Å². The van der Waals surface area contributed by atoms with Gasteiger partial charge in [0, 0.05) is 24.6 Å². The molecule has 1 aliphatic rings. The molecule has 3 aromatic rings. The minimum absolute atomic E-state index is 0.0517. The maximum absolute atomic E-state index is 13.3. The highest BCUT2D eigenvalue weighted by atomic mass is 16.7. The molecule has 0 aliphatic carbocycles. The molecule has 2 heterocycles. The Balaban J connectivity index is 1.82. The third-order valence-corrected chi connectivity index (χ3v) is 5.36. The van der Waals surface area contributed by atoms with Gasteiger partial charge in [0.25, 0.3) is 0 Å². The summed E-state index contributed by atoms with van der Waals surface area (Å²) in [6.07, 6.45) is -6.98. The summed E-state index contributed by atoms with van der Waals surface area (Å²) in [5, 5.41) is 50.4. The van der Waals surface area contributed by atoms with Gasteiger partial charge in [-0.2, -0.15) is 0 Å². The van der Waals surface area contributed by atoms with E-state index in [0.29, 0.717) is 0 Å². The number of ether oxygens (including phenoxy) is 3. The summed E-state index contributed by atoms with van der Waals surface area (Å²) in [5.74, 6) is -2.27. The van der Waals surface area contributed by atoms with Crippen molar-refractivity contribution in [1.29, 1.82) is 0 Å². The van der Waals surface area contributed by atoms with Gasteiger partial charge in [0.1, 0.15) is 40.4 Å². The zero-order valence-electron chi connectivity index (χ0n) is 18.0. The van der Waals surface area contributed by atoms with Crippen molar-refractivity contribution in [2.75, 3.05) is 0 Å². The molecule has 5 N–H and O–H groups in total. The fourth-order valence-electron chi connectivity index (χ4n) is 3.75. The number of phenolic OH excluding ortho intramolecular Hbond substituents is 3. The summed E-state index contributed by atoms with van der Waals surface area (Å²) < 4.78 is 22.0. The smallest absolute Gasteiger partial charge is 0.303 e. The van der Waals surface area contributed by atoms with Gasteiger partial charge in [-0.25, -0.2) is 0 Å². The van der Waals surface area contributed by atoms with Crippen molar-refractivity contribution >= 4 is 16.9 Å². The van der Waals surface area contributed by atoms with E-state index in [4.69, 9.17) is 18.6 Å². The van der Waals surface area contributed by atoms with Crippen molar-refractivity contribution in [2.24, 2.45) is 0 Å². The van der Waals surface area contributed by atoms with Gasteiger partial charge in [0.15, 0.2) is 11.9 Å². The topological polar surface area (TPSA) is 176 Å². The number of hydrogen-bond donors (Lipinski definition) is 5. The van der Waals surface area contributed by atoms with Crippen LogP contribution in [0.2, 0.25) is 0 Å². The van der Waals surface area contributed by atoms with E-state index in [1.54, 1.807) is 0 Å². The number of esters is 1. The van der Waals surface area contributed by atoms with Crippen LogP contribution in [0, 0.1) is 0 Å². The molecule has 1 aromatic heterocycles. The van der Waals surface area contributed by atoms with Gasteiger partial charge in [-0.3, -0.25) is 9.59 Å².